The quantitative estimate of drug-likeness (QED) is 0.267. The Morgan fingerprint density at radius 2 is 1.67 bits per heavy atom. The van der Waals surface area contributed by atoms with Gasteiger partial charge in [-0.3, -0.25) is 19.1 Å². The molecule has 0 saturated carbocycles. The van der Waals surface area contributed by atoms with Crippen molar-refractivity contribution in [2.24, 2.45) is 0 Å². The minimum Gasteiger partial charge on any atom is -0.493 e. The maximum Gasteiger partial charge on any atom is 0.336 e. The van der Waals surface area contributed by atoms with Crippen LogP contribution in [0.3, 0.4) is 0 Å². The lowest BCUT2D eigenvalue weighted by atomic mass is 10.1. The van der Waals surface area contributed by atoms with Gasteiger partial charge in [-0.05, 0) is 48.5 Å². The Morgan fingerprint density at radius 3 is 2.35 bits per heavy atom. The Morgan fingerprint density at radius 1 is 0.953 bits per heavy atom. The van der Waals surface area contributed by atoms with E-state index in [1.807, 2.05) is 0 Å². The fourth-order valence-electron chi connectivity index (χ4n) is 4.30. The van der Waals surface area contributed by atoms with Crippen LogP contribution in [0.2, 0.25) is 0 Å². The Kier molecular flexibility index (Phi) is 7.89. The first-order chi connectivity index (χ1) is 20.7. The number of halogens is 2. The molecule has 1 N–H and O–H groups in total. The molecule has 2 heterocycles. The molecule has 0 spiro atoms. The monoisotopic (exact) mass is 584 g/mol. The third kappa shape index (κ3) is 5.64. The van der Waals surface area contributed by atoms with E-state index in [-0.39, 0.29) is 23.7 Å². The van der Waals surface area contributed by atoms with Crippen LogP contribution in [0.4, 0.5) is 14.5 Å². The molecule has 1 amide bonds. The van der Waals surface area contributed by atoms with E-state index in [0.717, 1.165) is 29.0 Å². The molecular weight excluding hydrogens is 562 g/mol. The van der Waals surface area contributed by atoms with Crippen LogP contribution in [0, 0.1) is 24.0 Å². The number of benzene rings is 3. The van der Waals surface area contributed by atoms with Gasteiger partial charge >= 0.3 is 5.69 Å². The van der Waals surface area contributed by atoms with Gasteiger partial charge in [-0.25, -0.2) is 18.1 Å². The van der Waals surface area contributed by atoms with Crippen molar-refractivity contribution in [3.8, 4) is 41.0 Å². The van der Waals surface area contributed by atoms with Gasteiger partial charge in [-0.15, -0.1) is 6.42 Å². The van der Waals surface area contributed by atoms with E-state index in [4.69, 9.17) is 20.6 Å². The Labute approximate surface area is 242 Å². The van der Waals surface area contributed by atoms with E-state index in [1.54, 1.807) is 18.2 Å². The average molecular weight is 585 g/mol. The summed E-state index contributed by atoms with van der Waals surface area (Å²) in [5, 5.41) is 2.99. The lowest BCUT2D eigenvalue weighted by Gasteiger charge is -2.14. The van der Waals surface area contributed by atoms with Gasteiger partial charge < -0.3 is 19.5 Å². The van der Waals surface area contributed by atoms with Gasteiger partial charge in [-0.1, -0.05) is 5.92 Å². The second-order valence-corrected chi connectivity index (χ2v) is 9.01. The van der Waals surface area contributed by atoms with Gasteiger partial charge in [0.15, 0.2) is 23.1 Å². The third-order valence-electron chi connectivity index (χ3n) is 6.36. The minimum absolute atomic E-state index is 0.00303. The lowest BCUT2D eigenvalue weighted by molar-refractivity contribution is 0.102. The molecule has 216 valence electrons. The molecule has 0 aliphatic rings. The Balaban J connectivity index is 1.45. The highest BCUT2D eigenvalue weighted by Crippen LogP contribution is 2.37. The number of methoxy groups -OCH3 is 2. The number of carbonyl (C=O) groups excluding carboxylic acids is 1. The van der Waals surface area contributed by atoms with Crippen LogP contribution in [0.15, 0.2) is 82.6 Å². The van der Waals surface area contributed by atoms with Crippen LogP contribution in [-0.4, -0.2) is 34.2 Å². The highest BCUT2D eigenvalue weighted by Gasteiger charge is 2.20. The molecule has 0 radical (unpaired) electrons. The number of ether oxygens (including phenoxy) is 3. The number of nitrogens with one attached hydrogen (secondary N) is 1. The molecule has 0 bridgehead atoms. The van der Waals surface area contributed by atoms with Crippen LogP contribution in [0.25, 0.3) is 16.6 Å². The van der Waals surface area contributed by atoms with Gasteiger partial charge in [0.05, 0.1) is 32.0 Å². The fourth-order valence-corrected chi connectivity index (χ4v) is 4.30. The second-order valence-electron chi connectivity index (χ2n) is 9.01. The molecule has 0 saturated heterocycles. The number of aromatic nitrogens is 3. The largest absolute Gasteiger partial charge is 0.493 e. The first-order valence-corrected chi connectivity index (χ1v) is 12.6. The highest BCUT2D eigenvalue weighted by molar-refractivity contribution is 6.04. The number of amides is 1. The van der Waals surface area contributed by atoms with Crippen molar-refractivity contribution in [1.82, 2.24) is 14.1 Å². The number of pyridine rings is 1. The number of hydrogen-bond acceptors (Lipinski definition) is 7. The summed E-state index contributed by atoms with van der Waals surface area (Å²) in [5.41, 5.74) is -1.69. The molecule has 5 aromatic rings. The predicted molar refractivity (Wildman–Crippen MR) is 154 cm³/mol. The van der Waals surface area contributed by atoms with E-state index in [0.29, 0.717) is 32.7 Å². The average Bonchev–Trinajstić information content (AvgIpc) is 3.00. The fraction of sp³-hybridized carbons (Fsp3) is 0.0968. The minimum atomic E-state index is -0.973. The Hall–Kier alpha value is -5.96. The molecule has 0 aliphatic carbocycles. The molecule has 0 atom stereocenters. The van der Waals surface area contributed by atoms with Crippen LogP contribution in [0.5, 0.6) is 23.0 Å². The van der Waals surface area contributed by atoms with Crippen molar-refractivity contribution in [2.45, 2.75) is 6.54 Å². The molecule has 0 aliphatic heterocycles. The van der Waals surface area contributed by atoms with E-state index in [1.165, 1.54) is 44.7 Å². The maximum atomic E-state index is 15.2. The lowest BCUT2D eigenvalue weighted by Crippen LogP contribution is -2.42. The third-order valence-corrected chi connectivity index (χ3v) is 6.36. The number of nitrogens with zero attached hydrogens (tertiary/aromatic N) is 3. The van der Waals surface area contributed by atoms with Crippen LogP contribution in [0.1, 0.15) is 10.4 Å². The van der Waals surface area contributed by atoms with Gasteiger partial charge in [-0.2, -0.15) is 0 Å². The number of hydrogen-bond donors (Lipinski definition) is 1. The molecule has 10 nitrogen and oxygen atoms in total. The standard InChI is InChI=1S/C31H22F2N4O6/c1-4-13-36-17-22(30(39)37(31(36)40)20-8-5-18(32)6-9-20)29(38)35-19-7-10-26(23(33)14-19)43-25-11-12-34-24-16-28(42-3)27(41-2)15-21(24)25/h1,5-12,14-17H,13H2,2-3H3,(H,35,38). The van der Waals surface area contributed by atoms with Gasteiger partial charge in [0.2, 0.25) is 0 Å². The number of carbonyl (C=O) groups is 1. The molecule has 5 rings (SSSR count). The molecule has 12 heteroatoms. The zero-order chi connectivity index (χ0) is 30.7. The van der Waals surface area contributed by atoms with Crippen molar-refractivity contribution >= 4 is 22.5 Å². The zero-order valence-corrected chi connectivity index (χ0v) is 22.8. The molecule has 3 aromatic carbocycles. The van der Waals surface area contributed by atoms with E-state index in [2.05, 4.69) is 16.2 Å². The van der Waals surface area contributed by atoms with Crippen LogP contribution in [-0.2, 0) is 6.54 Å². The molecule has 0 fully saturated rings. The zero-order valence-electron chi connectivity index (χ0n) is 22.8. The van der Waals surface area contributed by atoms with Crippen molar-refractivity contribution < 1.29 is 27.8 Å². The Bertz CT molecular complexity index is 2030. The van der Waals surface area contributed by atoms with E-state index in [9.17, 15) is 18.8 Å². The first kappa shape index (κ1) is 28.6. The molecule has 0 unspecified atom stereocenters. The SMILES string of the molecule is C#CCn1cc(C(=O)Nc2ccc(Oc3ccnc4cc(OC)c(OC)cc34)c(F)c2)c(=O)n(-c2ccc(F)cc2)c1=O. The van der Waals surface area contributed by atoms with Crippen molar-refractivity contribution in [1.29, 1.82) is 0 Å². The normalized spacial score (nSPS) is 10.7. The van der Waals surface area contributed by atoms with Gasteiger partial charge in [0, 0.05) is 35.6 Å². The van der Waals surface area contributed by atoms with Crippen LogP contribution >= 0.6 is 0 Å². The maximum absolute atomic E-state index is 15.2. The van der Waals surface area contributed by atoms with E-state index >= 15 is 4.39 Å². The van der Waals surface area contributed by atoms with Crippen molar-refractivity contribution in [3.05, 3.63) is 111 Å². The van der Waals surface area contributed by atoms with E-state index < -0.39 is 34.4 Å². The topological polar surface area (TPSA) is 114 Å². The van der Waals surface area contributed by atoms with Crippen molar-refractivity contribution in [3.63, 3.8) is 0 Å². The number of anilines is 1. The predicted octanol–water partition coefficient (Wildman–Crippen LogP) is 4.52. The summed E-state index contributed by atoms with van der Waals surface area (Å²) in [6.45, 7) is -0.246. The summed E-state index contributed by atoms with van der Waals surface area (Å²) >= 11 is 0. The summed E-state index contributed by atoms with van der Waals surface area (Å²) in [5.74, 6) is 0.984. The summed E-state index contributed by atoms with van der Waals surface area (Å²) in [4.78, 5) is 43.6. The highest BCUT2D eigenvalue weighted by atomic mass is 19.1. The number of terminal acetylenes is 1. The molecule has 2 aromatic heterocycles. The number of fused-ring (bicyclic) bond motifs is 1. The molecule has 43 heavy (non-hydrogen) atoms. The van der Waals surface area contributed by atoms with Crippen LogP contribution < -0.4 is 30.8 Å². The van der Waals surface area contributed by atoms with Crippen molar-refractivity contribution in [2.75, 3.05) is 19.5 Å². The van der Waals surface area contributed by atoms with Gasteiger partial charge in [0.1, 0.15) is 17.1 Å². The summed E-state index contributed by atoms with van der Waals surface area (Å²) in [7, 11) is 2.98. The first-order valence-electron chi connectivity index (χ1n) is 12.6. The van der Waals surface area contributed by atoms with Gasteiger partial charge in [0.25, 0.3) is 11.5 Å². The number of rotatable bonds is 8. The second kappa shape index (κ2) is 11.9. The summed E-state index contributed by atoms with van der Waals surface area (Å²) in [6.07, 6.45) is 7.87. The molecular formula is C31H22F2N4O6. The summed E-state index contributed by atoms with van der Waals surface area (Å²) < 4.78 is 46.8. The smallest absolute Gasteiger partial charge is 0.336 e. The summed E-state index contributed by atoms with van der Waals surface area (Å²) in [6, 6.07) is 13.1.